The fourth-order valence-electron chi connectivity index (χ4n) is 1.85. The summed E-state index contributed by atoms with van der Waals surface area (Å²) >= 11 is 0. The van der Waals surface area contributed by atoms with Gasteiger partial charge in [-0.25, -0.2) is 0 Å². The van der Waals surface area contributed by atoms with E-state index in [1.165, 1.54) is 11.1 Å². The fourth-order valence-corrected chi connectivity index (χ4v) is 1.85. The molecule has 0 aliphatic heterocycles. The monoisotopic (exact) mass is 256 g/mol. The van der Waals surface area contributed by atoms with Crippen molar-refractivity contribution >= 4 is 5.78 Å². The number of aryl methyl sites for hydroxylation is 2. The molecule has 0 aromatic heterocycles. The van der Waals surface area contributed by atoms with Crippen molar-refractivity contribution < 1.29 is 4.79 Å². The van der Waals surface area contributed by atoms with Crippen LogP contribution in [-0.2, 0) is 11.2 Å². The first kappa shape index (κ1) is 15.4. The lowest BCUT2D eigenvalue weighted by molar-refractivity contribution is -0.121. The van der Waals surface area contributed by atoms with Crippen LogP contribution in [0.15, 0.2) is 48.6 Å². The molecule has 1 unspecified atom stereocenters. The van der Waals surface area contributed by atoms with Crippen molar-refractivity contribution in [1.82, 2.24) is 0 Å². The van der Waals surface area contributed by atoms with Crippen LogP contribution in [0.4, 0.5) is 0 Å². The van der Waals surface area contributed by atoms with Crippen molar-refractivity contribution in [2.75, 3.05) is 0 Å². The first-order chi connectivity index (χ1) is 9.02. The van der Waals surface area contributed by atoms with Gasteiger partial charge in [0.25, 0.3) is 0 Å². The molecule has 0 bridgehead atoms. The number of carbonyl (C=O) groups excluding carboxylic acids is 1. The summed E-state index contributed by atoms with van der Waals surface area (Å²) in [6.07, 6.45) is 6.15. The predicted octanol–water partition coefficient (Wildman–Crippen LogP) is 4.66. The molecule has 1 nitrogen and oxygen atoms in total. The number of hydrogen-bond donors (Lipinski definition) is 0. The molecule has 0 aliphatic rings. The van der Waals surface area contributed by atoms with E-state index < -0.39 is 0 Å². The second kappa shape index (κ2) is 7.73. The highest BCUT2D eigenvalue weighted by Crippen LogP contribution is 2.13. The third-order valence-electron chi connectivity index (χ3n) is 3.48. The van der Waals surface area contributed by atoms with Gasteiger partial charge in [0, 0.05) is 12.3 Å². The molecule has 0 spiro atoms. The third kappa shape index (κ3) is 5.69. The van der Waals surface area contributed by atoms with Gasteiger partial charge in [-0.3, -0.25) is 4.79 Å². The van der Waals surface area contributed by atoms with Crippen LogP contribution in [0.3, 0.4) is 0 Å². The quantitative estimate of drug-likeness (QED) is 0.649. The third-order valence-corrected chi connectivity index (χ3v) is 3.48. The SMILES string of the molecule is C=C/C(C)=C/CC(=O)C(C)CCc1ccc(C)cc1. The molecule has 0 saturated heterocycles. The van der Waals surface area contributed by atoms with E-state index in [-0.39, 0.29) is 5.92 Å². The van der Waals surface area contributed by atoms with Gasteiger partial charge in [-0.1, -0.05) is 61.1 Å². The molecule has 102 valence electrons. The average Bonchev–Trinajstić information content (AvgIpc) is 2.43. The number of allylic oxidation sites excluding steroid dienone is 3. The Hall–Kier alpha value is -1.63. The Kier molecular flexibility index (Phi) is 6.27. The maximum absolute atomic E-state index is 12.0. The van der Waals surface area contributed by atoms with Crippen LogP contribution in [0, 0.1) is 12.8 Å². The van der Waals surface area contributed by atoms with Gasteiger partial charge in [0.15, 0.2) is 0 Å². The Bertz CT molecular complexity index is 451. The van der Waals surface area contributed by atoms with E-state index in [1.807, 2.05) is 19.9 Å². The zero-order chi connectivity index (χ0) is 14.3. The maximum atomic E-state index is 12.0. The standard InChI is InChI=1S/C18H24O/c1-5-14(2)8-13-18(19)16(4)9-12-17-10-6-15(3)7-11-17/h5-8,10-11,16H,1,9,12-13H2,2-4H3/b14-8+. The normalized spacial score (nSPS) is 13.1. The lowest BCUT2D eigenvalue weighted by atomic mass is 9.95. The largest absolute Gasteiger partial charge is 0.299 e. The molecule has 0 saturated carbocycles. The minimum absolute atomic E-state index is 0.121. The fraction of sp³-hybridized carbons (Fsp3) is 0.389. The van der Waals surface area contributed by atoms with Crippen LogP contribution in [0.2, 0.25) is 0 Å². The second-order valence-electron chi connectivity index (χ2n) is 5.25. The zero-order valence-electron chi connectivity index (χ0n) is 12.3. The highest BCUT2D eigenvalue weighted by Gasteiger charge is 2.11. The Morgan fingerprint density at radius 3 is 2.53 bits per heavy atom. The molecule has 0 heterocycles. The number of ketones is 1. The van der Waals surface area contributed by atoms with Crippen molar-refractivity contribution in [1.29, 1.82) is 0 Å². The van der Waals surface area contributed by atoms with Crippen LogP contribution in [0.1, 0.15) is 37.8 Å². The second-order valence-corrected chi connectivity index (χ2v) is 5.25. The summed E-state index contributed by atoms with van der Waals surface area (Å²) in [5.41, 5.74) is 3.65. The van der Waals surface area contributed by atoms with Gasteiger partial charge < -0.3 is 0 Å². The first-order valence-electron chi connectivity index (χ1n) is 6.90. The number of carbonyl (C=O) groups is 1. The summed E-state index contributed by atoms with van der Waals surface area (Å²) in [5.74, 6) is 0.434. The highest BCUT2D eigenvalue weighted by molar-refractivity contribution is 5.82. The van der Waals surface area contributed by atoms with Crippen molar-refractivity contribution in [3.05, 3.63) is 59.7 Å². The first-order valence-corrected chi connectivity index (χ1v) is 6.90. The molecular weight excluding hydrogens is 232 g/mol. The number of rotatable bonds is 7. The summed E-state index contributed by atoms with van der Waals surface area (Å²) in [5, 5.41) is 0. The van der Waals surface area contributed by atoms with Crippen molar-refractivity contribution in [3.8, 4) is 0 Å². The zero-order valence-corrected chi connectivity index (χ0v) is 12.3. The summed E-state index contributed by atoms with van der Waals surface area (Å²) in [7, 11) is 0. The lowest BCUT2D eigenvalue weighted by Gasteiger charge is -2.09. The topological polar surface area (TPSA) is 17.1 Å². The predicted molar refractivity (Wildman–Crippen MR) is 82.2 cm³/mol. The summed E-state index contributed by atoms with van der Waals surface area (Å²) < 4.78 is 0. The van der Waals surface area contributed by atoms with Gasteiger partial charge in [-0.2, -0.15) is 0 Å². The van der Waals surface area contributed by atoms with Gasteiger partial charge in [0.05, 0.1) is 0 Å². The van der Waals surface area contributed by atoms with Crippen LogP contribution < -0.4 is 0 Å². The smallest absolute Gasteiger partial charge is 0.139 e. The Morgan fingerprint density at radius 2 is 1.95 bits per heavy atom. The summed E-state index contributed by atoms with van der Waals surface area (Å²) in [6, 6.07) is 8.54. The van der Waals surface area contributed by atoms with Crippen LogP contribution >= 0.6 is 0 Å². The molecule has 1 aromatic carbocycles. The molecule has 0 aliphatic carbocycles. The minimum atomic E-state index is 0.121. The van der Waals surface area contributed by atoms with E-state index in [0.29, 0.717) is 12.2 Å². The van der Waals surface area contributed by atoms with Gasteiger partial charge in [0.2, 0.25) is 0 Å². The molecule has 1 heteroatoms. The van der Waals surface area contributed by atoms with Crippen molar-refractivity contribution in [3.63, 3.8) is 0 Å². The number of benzene rings is 1. The lowest BCUT2D eigenvalue weighted by Crippen LogP contribution is -2.11. The Labute approximate surface area is 117 Å². The molecule has 19 heavy (non-hydrogen) atoms. The molecule has 0 fully saturated rings. The highest BCUT2D eigenvalue weighted by atomic mass is 16.1. The molecule has 0 amide bonds. The van der Waals surface area contributed by atoms with Crippen LogP contribution in [0.5, 0.6) is 0 Å². The summed E-state index contributed by atoms with van der Waals surface area (Å²) in [4.78, 5) is 12.0. The number of Topliss-reactive ketones (excluding diaryl/α,β-unsaturated/α-hetero) is 1. The molecule has 1 rings (SSSR count). The molecule has 1 atom stereocenters. The van der Waals surface area contributed by atoms with E-state index in [1.54, 1.807) is 6.08 Å². The minimum Gasteiger partial charge on any atom is -0.299 e. The van der Waals surface area contributed by atoms with E-state index in [4.69, 9.17) is 0 Å². The van der Waals surface area contributed by atoms with Crippen molar-refractivity contribution in [2.45, 2.75) is 40.0 Å². The maximum Gasteiger partial charge on any atom is 0.139 e. The van der Waals surface area contributed by atoms with E-state index in [9.17, 15) is 4.79 Å². The molecule has 0 radical (unpaired) electrons. The number of hydrogen-bond acceptors (Lipinski definition) is 1. The molecule has 0 N–H and O–H groups in total. The van der Waals surface area contributed by atoms with Gasteiger partial charge in [-0.05, 0) is 32.3 Å². The molecular formula is C18H24O. The van der Waals surface area contributed by atoms with Crippen molar-refractivity contribution in [2.24, 2.45) is 5.92 Å². The van der Waals surface area contributed by atoms with E-state index >= 15 is 0 Å². The van der Waals surface area contributed by atoms with Gasteiger partial charge >= 0.3 is 0 Å². The van der Waals surface area contributed by atoms with Crippen LogP contribution in [-0.4, -0.2) is 5.78 Å². The molecule has 1 aromatic rings. The Morgan fingerprint density at radius 1 is 1.32 bits per heavy atom. The van der Waals surface area contributed by atoms with Gasteiger partial charge in [-0.15, -0.1) is 0 Å². The van der Waals surface area contributed by atoms with E-state index in [0.717, 1.165) is 18.4 Å². The average molecular weight is 256 g/mol. The summed E-state index contributed by atoms with van der Waals surface area (Å²) in [6.45, 7) is 9.77. The van der Waals surface area contributed by atoms with Crippen LogP contribution in [0.25, 0.3) is 0 Å². The van der Waals surface area contributed by atoms with E-state index in [2.05, 4.69) is 37.8 Å². The Balaban J connectivity index is 2.42. The van der Waals surface area contributed by atoms with Gasteiger partial charge in [0.1, 0.15) is 5.78 Å².